The molecule has 1 aromatic carbocycles. The van der Waals surface area contributed by atoms with E-state index < -0.39 is 21.0 Å². The zero-order valence-electron chi connectivity index (χ0n) is 8.38. The van der Waals surface area contributed by atoms with Gasteiger partial charge in [-0.3, -0.25) is 0 Å². The number of hydrogen-bond donors (Lipinski definition) is 0. The van der Waals surface area contributed by atoms with E-state index in [9.17, 15) is 14.0 Å². The molecule has 1 aliphatic rings. The van der Waals surface area contributed by atoms with Crippen molar-refractivity contribution < 1.29 is 28.0 Å². The van der Waals surface area contributed by atoms with Gasteiger partial charge in [-0.1, -0.05) is 29.8 Å². The fraction of sp³-hybridized carbons (Fsp3) is 0.100. The summed E-state index contributed by atoms with van der Waals surface area (Å²) in [6.45, 7) is 1.94. The number of rotatable bonds is 2. The van der Waals surface area contributed by atoms with Crippen LogP contribution in [0.1, 0.15) is 11.1 Å². The van der Waals surface area contributed by atoms with Crippen molar-refractivity contribution in [2.75, 3.05) is 0 Å². The van der Waals surface area contributed by atoms with Crippen molar-refractivity contribution in [1.82, 2.24) is 0 Å². The second-order valence-corrected chi connectivity index (χ2v) is 5.84. The normalized spacial score (nSPS) is 19.1. The molecule has 0 amide bonds. The zero-order chi connectivity index (χ0) is 11.8. The van der Waals surface area contributed by atoms with Crippen molar-refractivity contribution in [3.05, 3.63) is 35.4 Å². The second kappa shape index (κ2) is 4.29. The van der Waals surface area contributed by atoms with Crippen LogP contribution in [0, 0.1) is 17.2 Å². The first-order valence-electron chi connectivity index (χ1n) is 4.42. The minimum absolute atomic E-state index is 0.708. The fourth-order valence-corrected chi connectivity index (χ4v) is 3.44. The van der Waals surface area contributed by atoms with Gasteiger partial charge in [0, 0.05) is 5.37 Å². The Labute approximate surface area is 97.7 Å². The Hall–Kier alpha value is -0.690. The molecule has 1 aliphatic heterocycles. The summed E-state index contributed by atoms with van der Waals surface area (Å²) < 4.78 is 36.1. The summed E-state index contributed by atoms with van der Waals surface area (Å²) in [6.07, 6.45) is 3.54. The molecule has 1 unspecified atom stereocenters. The molecule has 0 saturated heterocycles. The number of hydrogen-bond acceptors (Lipinski definition) is 4. The largest absolute Gasteiger partial charge is 0.182 e. The third-order valence-electron chi connectivity index (χ3n) is 2.01. The maximum absolute atomic E-state index is 10.5. The first-order valence-corrected chi connectivity index (χ1v) is 6.86. The SMILES string of the molecule is Cc1ccc2c(c1)C=CC=S2O[Cl+3]([O-])([O-])[O-]. The molecule has 0 bridgehead atoms. The molecule has 1 heterocycles. The monoisotopic (exact) mass is 260 g/mol. The minimum atomic E-state index is -4.40. The summed E-state index contributed by atoms with van der Waals surface area (Å²) in [7, 11) is -5.53. The molecule has 0 radical (unpaired) electrons. The van der Waals surface area contributed by atoms with E-state index in [2.05, 4.69) is 3.74 Å². The van der Waals surface area contributed by atoms with Crippen LogP contribution in [0.3, 0.4) is 0 Å². The summed E-state index contributed by atoms with van der Waals surface area (Å²) in [5.41, 5.74) is 1.95. The lowest BCUT2D eigenvalue weighted by atomic mass is 10.1. The van der Waals surface area contributed by atoms with Crippen LogP contribution in [-0.2, 0) is 3.74 Å². The Morgan fingerprint density at radius 3 is 2.69 bits per heavy atom. The third kappa shape index (κ3) is 2.70. The van der Waals surface area contributed by atoms with Crippen molar-refractivity contribution in [2.45, 2.75) is 11.8 Å². The molecule has 0 aliphatic carbocycles. The maximum atomic E-state index is 10.5. The van der Waals surface area contributed by atoms with Crippen LogP contribution >= 0.6 is 10.8 Å². The molecule has 0 fully saturated rings. The molecule has 4 nitrogen and oxygen atoms in total. The van der Waals surface area contributed by atoms with Crippen molar-refractivity contribution in [3.63, 3.8) is 0 Å². The van der Waals surface area contributed by atoms with Gasteiger partial charge in [-0.2, -0.15) is 14.0 Å². The van der Waals surface area contributed by atoms with Crippen molar-refractivity contribution >= 4 is 22.2 Å². The smallest absolute Gasteiger partial charge is 0.141 e. The topological polar surface area (TPSA) is 78.4 Å². The van der Waals surface area contributed by atoms with Crippen LogP contribution in [0.5, 0.6) is 0 Å². The summed E-state index contributed by atoms with van der Waals surface area (Å²) in [5, 5.41) is 1.56. The molecule has 1 aromatic rings. The van der Waals surface area contributed by atoms with E-state index in [1.807, 2.05) is 25.1 Å². The molecular weight excluding hydrogens is 252 g/mol. The van der Waals surface area contributed by atoms with Gasteiger partial charge in [0.15, 0.2) is 0 Å². The van der Waals surface area contributed by atoms with E-state index in [0.29, 0.717) is 4.90 Å². The first-order chi connectivity index (χ1) is 7.46. The van der Waals surface area contributed by atoms with Crippen LogP contribution in [0.15, 0.2) is 29.2 Å². The van der Waals surface area contributed by atoms with E-state index in [0.717, 1.165) is 11.1 Å². The van der Waals surface area contributed by atoms with E-state index in [1.165, 1.54) is 0 Å². The third-order valence-corrected chi connectivity index (χ3v) is 4.37. The highest BCUT2D eigenvalue weighted by Gasteiger charge is 2.25. The maximum Gasteiger partial charge on any atom is 0.141 e. The standard InChI is InChI=1S/C10H9ClO4S/c1-8-4-5-10-9(7-8)3-2-6-16(10)15-11(12,13)14/h2-7H,1H3. The number of benzene rings is 1. The van der Waals surface area contributed by atoms with Gasteiger partial charge < -0.3 is 0 Å². The van der Waals surface area contributed by atoms with E-state index in [1.54, 1.807) is 17.5 Å². The Morgan fingerprint density at radius 2 is 2.00 bits per heavy atom. The van der Waals surface area contributed by atoms with Crippen LogP contribution < -0.4 is 14.0 Å². The molecule has 2 rings (SSSR count). The summed E-state index contributed by atoms with van der Waals surface area (Å²) in [5.74, 6) is 0. The van der Waals surface area contributed by atoms with Gasteiger partial charge in [0.25, 0.3) is 0 Å². The van der Waals surface area contributed by atoms with Gasteiger partial charge in [-0.15, -0.1) is 0 Å². The van der Waals surface area contributed by atoms with Crippen LogP contribution in [-0.4, -0.2) is 5.37 Å². The molecule has 86 valence electrons. The van der Waals surface area contributed by atoms with Gasteiger partial charge in [0.05, 0.1) is 15.1 Å². The number of fused-ring (bicyclic) bond motifs is 1. The average molecular weight is 261 g/mol. The fourth-order valence-electron chi connectivity index (χ4n) is 1.41. The Balaban J connectivity index is 2.38. The van der Waals surface area contributed by atoms with Gasteiger partial charge >= 0.3 is 0 Å². The molecule has 0 saturated carbocycles. The molecule has 16 heavy (non-hydrogen) atoms. The lowest BCUT2D eigenvalue weighted by molar-refractivity contribution is -1.91. The van der Waals surface area contributed by atoms with E-state index in [-0.39, 0.29) is 0 Å². The highest BCUT2D eigenvalue weighted by atomic mass is 35.7. The molecule has 0 spiro atoms. The van der Waals surface area contributed by atoms with Crippen LogP contribution in [0.25, 0.3) is 6.08 Å². The summed E-state index contributed by atoms with van der Waals surface area (Å²) in [6, 6.07) is 5.54. The number of allylic oxidation sites excluding steroid dienone is 1. The predicted molar refractivity (Wildman–Crippen MR) is 53.2 cm³/mol. The van der Waals surface area contributed by atoms with E-state index >= 15 is 0 Å². The highest BCUT2D eigenvalue weighted by molar-refractivity contribution is 8.11. The zero-order valence-corrected chi connectivity index (χ0v) is 9.96. The van der Waals surface area contributed by atoms with Crippen molar-refractivity contribution in [3.8, 4) is 0 Å². The highest BCUT2D eigenvalue weighted by Crippen LogP contribution is 2.36. The number of aryl methyl sites for hydroxylation is 1. The molecule has 0 N–H and O–H groups in total. The Kier molecular flexibility index (Phi) is 3.16. The Morgan fingerprint density at radius 1 is 1.25 bits per heavy atom. The first kappa shape index (κ1) is 11.8. The van der Waals surface area contributed by atoms with Crippen LogP contribution in [0.2, 0.25) is 0 Å². The summed E-state index contributed by atoms with van der Waals surface area (Å²) in [4.78, 5) is 0.708. The van der Waals surface area contributed by atoms with Crippen molar-refractivity contribution in [1.29, 1.82) is 0 Å². The average Bonchev–Trinajstić information content (AvgIpc) is 2.15. The molecule has 6 heteroatoms. The lowest BCUT2D eigenvalue weighted by Crippen LogP contribution is -2.60. The molecule has 1 atom stereocenters. The van der Waals surface area contributed by atoms with Gasteiger partial charge in [0.2, 0.25) is 0 Å². The molecular formula is C10H9ClO4S. The summed E-state index contributed by atoms with van der Waals surface area (Å²) >= 11 is 0. The van der Waals surface area contributed by atoms with Gasteiger partial charge in [0.1, 0.15) is 14.5 Å². The van der Waals surface area contributed by atoms with Gasteiger partial charge in [-0.25, -0.2) is 0 Å². The molecule has 0 aromatic heterocycles. The van der Waals surface area contributed by atoms with Crippen LogP contribution in [0.4, 0.5) is 0 Å². The van der Waals surface area contributed by atoms with E-state index in [4.69, 9.17) is 0 Å². The number of halogens is 1. The van der Waals surface area contributed by atoms with Crippen molar-refractivity contribution in [2.24, 2.45) is 0 Å². The predicted octanol–water partition coefficient (Wildman–Crippen LogP) is -0.719. The Bertz CT molecular complexity index is 476. The second-order valence-electron chi connectivity index (χ2n) is 3.27. The lowest BCUT2D eigenvalue weighted by Gasteiger charge is -2.16. The minimum Gasteiger partial charge on any atom is -0.182 e. The van der Waals surface area contributed by atoms with Gasteiger partial charge in [-0.05, 0) is 18.6 Å². The quantitative estimate of drug-likeness (QED) is 0.658.